The summed E-state index contributed by atoms with van der Waals surface area (Å²) in [6, 6.07) is 2.25. The maximum atomic E-state index is 11.4. The van der Waals surface area contributed by atoms with Gasteiger partial charge >= 0.3 is 0 Å². The summed E-state index contributed by atoms with van der Waals surface area (Å²) in [5.74, 6) is 0.00461. The van der Waals surface area contributed by atoms with Gasteiger partial charge in [0.15, 0.2) is 0 Å². The van der Waals surface area contributed by atoms with Crippen molar-refractivity contribution in [3.8, 4) is 0 Å². The van der Waals surface area contributed by atoms with Crippen LogP contribution < -0.4 is 5.32 Å². The third-order valence-corrected chi connectivity index (χ3v) is 2.75. The third kappa shape index (κ3) is 0.982. The molecule has 1 aromatic rings. The molecule has 3 nitrogen and oxygen atoms in total. The van der Waals surface area contributed by atoms with Crippen LogP contribution in [0.15, 0.2) is 16.7 Å². The predicted molar refractivity (Wildman–Crippen MR) is 49.2 cm³/mol. The van der Waals surface area contributed by atoms with Crippen LogP contribution >= 0.6 is 15.9 Å². The van der Waals surface area contributed by atoms with Gasteiger partial charge in [0.1, 0.15) is 5.69 Å². The zero-order valence-electron chi connectivity index (χ0n) is 6.67. The van der Waals surface area contributed by atoms with Gasteiger partial charge in [0.2, 0.25) is 0 Å². The second kappa shape index (κ2) is 2.62. The van der Waals surface area contributed by atoms with Crippen molar-refractivity contribution in [2.24, 2.45) is 0 Å². The molecule has 0 aromatic carbocycles. The summed E-state index contributed by atoms with van der Waals surface area (Å²) in [5, 5.41) is 2.83. The van der Waals surface area contributed by atoms with Crippen molar-refractivity contribution < 1.29 is 4.79 Å². The minimum atomic E-state index is 0.00461. The molecular formula is C8H9BrN2O. The van der Waals surface area contributed by atoms with Gasteiger partial charge in [-0.15, -0.1) is 0 Å². The molecular weight excluding hydrogens is 220 g/mol. The van der Waals surface area contributed by atoms with E-state index < -0.39 is 0 Å². The zero-order valence-corrected chi connectivity index (χ0v) is 8.26. The van der Waals surface area contributed by atoms with Crippen LogP contribution in [0.4, 0.5) is 0 Å². The Labute approximate surface area is 78.9 Å². The van der Waals surface area contributed by atoms with Gasteiger partial charge in [0, 0.05) is 23.3 Å². The summed E-state index contributed by atoms with van der Waals surface area (Å²) in [6.45, 7) is 2.79. The van der Waals surface area contributed by atoms with E-state index in [1.165, 1.54) is 0 Å². The lowest BCUT2D eigenvalue weighted by Gasteiger charge is -2.23. The standard InChI is InChI=1S/C8H9BrN2O/c1-5-4-10-8(12)7-6(9)2-3-11(5)7/h2-3,5H,4H2,1H3,(H,10,12)/t5-/m0/s1. The summed E-state index contributed by atoms with van der Waals surface area (Å²) in [4.78, 5) is 11.4. The first kappa shape index (κ1) is 7.86. The summed E-state index contributed by atoms with van der Waals surface area (Å²) in [5.41, 5.74) is 0.730. The van der Waals surface area contributed by atoms with Crippen LogP contribution in [0.3, 0.4) is 0 Å². The fraction of sp³-hybridized carbons (Fsp3) is 0.375. The van der Waals surface area contributed by atoms with Gasteiger partial charge in [0.05, 0.1) is 0 Å². The molecule has 1 aliphatic rings. The van der Waals surface area contributed by atoms with E-state index in [0.717, 1.165) is 10.2 Å². The topological polar surface area (TPSA) is 34.0 Å². The van der Waals surface area contributed by atoms with Crippen LogP contribution in [0.2, 0.25) is 0 Å². The first-order valence-electron chi connectivity index (χ1n) is 3.84. The Kier molecular flexibility index (Phi) is 1.72. The molecule has 1 atom stereocenters. The number of nitrogens with one attached hydrogen (secondary N) is 1. The van der Waals surface area contributed by atoms with E-state index in [2.05, 4.69) is 28.2 Å². The lowest BCUT2D eigenvalue weighted by Crippen LogP contribution is -2.37. The monoisotopic (exact) mass is 228 g/mol. The van der Waals surface area contributed by atoms with E-state index in [9.17, 15) is 4.79 Å². The van der Waals surface area contributed by atoms with Crippen molar-refractivity contribution in [2.45, 2.75) is 13.0 Å². The fourth-order valence-corrected chi connectivity index (χ4v) is 1.94. The highest BCUT2D eigenvalue weighted by atomic mass is 79.9. The molecule has 1 aliphatic heterocycles. The number of carbonyl (C=O) groups is 1. The van der Waals surface area contributed by atoms with Gasteiger partial charge in [-0.25, -0.2) is 0 Å². The summed E-state index contributed by atoms with van der Waals surface area (Å²) in [7, 11) is 0. The number of aromatic nitrogens is 1. The molecule has 64 valence electrons. The van der Waals surface area contributed by atoms with Crippen molar-refractivity contribution in [2.75, 3.05) is 6.54 Å². The molecule has 0 spiro atoms. The quantitative estimate of drug-likeness (QED) is 0.719. The Balaban J connectivity index is 2.57. The van der Waals surface area contributed by atoms with Crippen LogP contribution in [-0.2, 0) is 0 Å². The van der Waals surface area contributed by atoms with Gasteiger partial charge in [-0.05, 0) is 28.9 Å². The summed E-state index contributed by atoms with van der Waals surface area (Å²) >= 11 is 3.34. The maximum Gasteiger partial charge on any atom is 0.269 e. The summed E-state index contributed by atoms with van der Waals surface area (Å²) < 4.78 is 2.86. The van der Waals surface area contributed by atoms with Crippen molar-refractivity contribution in [1.29, 1.82) is 0 Å². The number of hydrogen-bond acceptors (Lipinski definition) is 1. The van der Waals surface area contributed by atoms with Crippen LogP contribution in [-0.4, -0.2) is 17.0 Å². The Bertz CT molecular complexity index is 332. The van der Waals surface area contributed by atoms with Gasteiger partial charge in [0.25, 0.3) is 5.91 Å². The number of hydrogen-bond donors (Lipinski definition) is 1. The smallest absolute Gasteiger partial charge is 0.269 e. The third-order valence-electron chi connectivity index (χ3n) is 2.11. The lowest BCUT2D eigenvalue weighted by atomic mass is 10.2. The van der Waals surface area contributed by atoms with Crippen molar-refractivity contribution in [3.05, 3.63) is 22.4 Å². The molecule has 12 heavy (non-hydrogen) atoms. The van der Waals surface area contributed by atoms with Gasteiger partial charge in [-0.3, -0.25) is 4.79 Å². The highest BCUT2D eigenvalue weighted by molar-refractivity contribution is 9.10. The number of nitrogens with zero attached hydrogens (tertiary/aromatic N) is 1. The molecule has 0 radical (unpaired) electrons. The largest absolute Gasteiger partial charge is 0.349 e. The minimum Gasteiger partial charge on any atom is -0.349 e. The summed E-state index contributed by atoms with van der Waals surface area (Å²) in [6.07, 6.45) is 1.93. The molecule has 0 unspecified atom stereocenters. The minimum absolute atomic E-state index is 0.00461. The number of fused-ring (bicyclic) bond motifs is 1. The van der Waals surface area contributed by atoms with Crippen LogP contribution in [0.5, 0.6) is 0 Å². The van der Waals surface area contributed by atoms with Crippen molar-refractivity contribution >= 4 is 21.8 Å². The highest BCUT2D eigenvalue weighted by Crippen LogP contribution is 2.24. The normalized spacial score (nSPS) is 21.8. The van der Waals surface area contributed by atoms with Crippen molar-refractivity contribution in [3.63, 3.8) is 0 Å². The van der Waals surface area contributed by atoms with E-state index in [1.807, 2.05) is 16.8 Å². The van der Waals surface area contributed by atoms with Gasteiger partial charge < -0.3 is 9.88 Å². The predicted octanol–water partition coefficient (Wildman–Crippen LogP) is 1.55. The number of halogens is 1. The lowest BCUT2D eigenvalue weighted by molar-refractivity contribution is 0.0917. The molecule has 1 amide bonds. The molecule has 2 rings (SSSR count). The van der Waals surface area contributed by atoms with Crippen LogP contribution in [0.1, 0.15) is 23.5 Å². The number of carbonyl (C=O) groups excluding carboxylic acids is 1. The Morgan fingerprint density at radius 1 is 1.75 bits per heavy atom. The zero-order chi connectivity index (χ0) is 8.72. The van der Waals surface area contributed by atoms with Crippen LogP contribution in [0, 0.1) is 0 Å². The van der Waals surface area contributed by atoms with E-state index in [4.69, 9.17) is 0 Å². The molecule has 0 fully saturated rings. The number of rotatable bonds is 0. The van der Waals surface area contributed by atoms with E-state index in [1.54, 1.807) is 0 Å². The molecule has 0 saturated heterocycles. The van der Waals surface area contributed by atoms with Gasteiger partial charge in [-0.1, -0.05) is 0 Å². The maximum absolute atomic E-state index is 11.4. The molecule has 0 saturated carbocycles. The molecule has 4 heteroatoms. The molecule has 0 aliphatic carbocycles. The first-order chi connectivity index (χ1) is 5.70. The molecule has 1 aromatic heterocycles. The molecule has 0 bridgehead atoms. The Morgan fingerprint density at radius 3 is 3.17 bits per heavy atom. The molecule has 1 N–H and O–H groups in total. The SMILES string of the molecule is C[C@H]1CNC(=O)c2c(Br)ccn21. The Morgan fingerprint density at radius 2 is 2.50 bits per heavy atom. The first-order valence-corrected chi connectivity index (χ1v) is 4.64. The number of amides is 1. The van der Waals surface area contributed by atoms with Crippen LogP contribution in [0.25, 0.3) is 0 Å². The average Bonchev–Trinajstić information content (AvgIpc) is 2.42. The van der Waals surface area contributed by atoms with E-state index in [-0.39, 0.29) is 5.91 Å². The van der Waals surface area contributed by atoms with E-state index >= 15 is 0 Å². The van der Waals surface area contributed by atoms with Crippen molar-refractivity contribution in [1.82, 2.24) is 9.88 Å². The fourth-order valence-electron chi connectivity index (χ4n) is 1.44. The molecule has 2 heterocycles. The van der Waals surface area contributed by atoms with E-state index in [0.29, 0.717) is 12.6 Å². The average molecular weight is 229 g/mol. The highest BCUT2D eigenvalue weighted by Gasteiger charge is 2.23. The second-order valence-corrected chi connectivity index (χ2v) is 3.83. The Hall–Kier alpha value is -0.770. The second-order valence-electron chi connectivity index (χ2n) is 2.98. The van der Waals surface area contributed by atoms with Gasteiger partial charge in [-0.2, -0.15) is 0 Å².